The number of carbonyl (C=O) groups is 1. The quantitative estimate of drug-likeness (QED) is 0.174. The summed E-state index contributed by atoms with van der Waals surface area (Å²) < 4.78 is 73.1. The Morgan fingerprint density at radius 3 is 2.29 bits per heavy atom. The van der Waals surface area contributed by atoms with Gasteiger partial charge in [0.15, 0.2) is 0 Å². The van der Waals surface area contributed by atoms with E-state index in [1.807, 2.05) is 0 Å². The molecule has 1 aromatic carbocycles. The van der Waals surface area contributed by atoms with Crippen LogP contribution in [-0.2, 0) is 14.1 Å². The van der Waals surface area contributed by atoms with Crippen LogP contribution in [0.3, 0.4) is 0 Å². The minimum atomic E-state index is -5.54. The largest absolute Gasteiger partial charge is 0.691 e. The van der Waals surface area contributed by atoms with Gasteiger partial charge in [-0.25, -0.2) is 13.6 Å². The number of alkyl halides is 5. The highest BCUT2D eigenvalue weighted by Crippen LogP contribution is 2.37. The summed E-state index contributed by atoms with van der Waals surface area (Å²) in [6.45, 7) is 3.44. The first-order valence-electron chi connectivity index (χ1n) is 6.08. The average Bonchev–Trinajstić information content (AvgIpc) is 2.51. The second-order valence-corrected chi connectivity index (χ2v) is 4.97. The van der Waals surface area contributed by atoms with Gasteiger partial charge in [0.25, 0.3) is 6.10 Å². The predicted octanol–water partition coefficient (Wildman–Crippen LogP) is 2.92. The lowest BCUT2D eigenvalue weighted by Gasteiger charge is -2.27. The molecule has 134 valence electrons. The highest BCUT2D eigenvalue weighted by atomic mass is 32.2. The Labute approximate surface area is 137 Å². The highest BCUT2D eigenvalue weighted by molar-refractivity contribution is 7.94. The van der Waals surface area contributed by atoms with Gasteiger partial charge < -0.3 is 9.99 Å². The highest BCUT2D eigenvalue weighted by Gasteiger charge is 2.58. The maximum Gasteiger partial charge on any atom is 0.431 e. The van der Waals surface area contributed by atoms with Crippen LogP contribution in [0.4, 0.5) is 22.0 Å². The van der Waals surface area contributed by atoms with Crippen LogP contribution >= 0.6 is 12.0 Å². The van der Waals surface area contributed by atoms with Crippen molar-refractivity contribution in [3.05, 3.63) is 42.0 Å². The van der Waals surface area contributed by atoms with Gasteiger partial charge >= 0.3 is 18.1 Å². The van der Waals surface area contributed by atoms with Crippen molar-refractivity contribution in [1.82, 2.24) is 0 Å². The van der Waals surface area contributed by atoms with Gasteiger partial charge in [-0.15, -0.1) is 0 Å². The summed E-state index contributed by atoms with van der Waals surface area (Å²) in [6.07, 6.45) is -7.85. The van der Waals surface area contributed by atoms with Crippen molar-refractivity contribution in [2.45, 2.75) is 18.2 Å². The molecule has 0 bridgehead atoms. The number of benzene rings is 1. The molecule has 0 saturated heterocycles. The molecule has 1 unspecified atom stereocenters. The topological polar surface area (TPSA) is 67.8 Å². The zero-order valence-corrected chi connectivity index (χ0v) is 12.5. The van der Waals surface area contributed by atoms with Crippen LogP contribution in [0.5, 0.6) is 0 Å². The number of hydrogen-bond donors (Lipinski definition) is 0. The molecule has 1 atom stereocenters. The van der Waals surface area contributed by atoms with E-state index in [2.05, 4.69) is 20.7 Å². The molecule has 0 aliphatic rings. The summed E-state index contributed by atoms with van der Waals surface area (Å²) >= 11 is -0.355. The van der Waals surface area contributed by atoms with Crippen LogP contribution in [0, 0.1) is 0 Å². The fourth-order valence-corrected chi connectivity index (χ4v) is 1.92. The van der Waals surface area contributed by atoms with Crippen molar-refractivity contribution in [2.24, 2.45) is 0 Å². The Hall–Kier alpha value is -1.69. The lowest BCUT2D eigenvalue weighted by atomic mass is 10.1. The van der Waals surface area contributed by atoms with Gasteiger partial charge in [0.1, 0.15) is 0 Å². The van der Waals surface area contributed by atoms with Gasteiger partial charge in [-0.2, -0.15) is 17.5 Å². The number of ether oxygens (including phenoxy) is 1. The van der Waals surface area contributed by atoms with Crippen molar-refractivity contribution < 1.29 is 46.1 Å². The lowest BCUT2D eigenvalue weighted by molar-refractivity contribution is -0.777. The van der Waals surface area contributed by atoms with E-state index >= 15 is 0 Å². The van der Waals surface area contributed by atoms with E-state index in [0.717, 1.165) is 12.1 Å². The lowest BCUT2D eigenvalue weighted by Crippen LogP contribution is -2.49. The second-order valence-electron chi connectivity index (χ2n) is 4.31. The molecular formula is C13H10F5O5S-. The molecule has 0 aliphatic heterocycles. The van der Waals surface area contributed by atoms with Crippen molar-refractivity contribution in [3.8, 4) is 0 Å². The van der Waals surface area contributed by atoms with E-state index in [0.29, 0.717) is 5.56 Å². The zero-order chi connectivity index (χ0) is 18.4. The monoisotopic (exact) mass is 373 g/mol. The predicted molar refractivity (Wildman–Crippen MR) is 71.4 cm³/mol. The smallest absolute Gasteiger partial charge is 0.431 e. The van der Waals surface area contributed by atoms with Gasteiger partial charge in [-0.1, -0.05) is 24.8 Å². The van der Waals surface area contributed by atoms with Crippen LogP contribution in [0.25, 0.3) is 6.08 Å². The molecule has 0 fully saturated rings. The number of halogens is 5. The zero-order valence-electron chi connectivity index (χ0n) is 11.7. The normalized spacial score (nSPS) is 13.4. The number of carbonyl (C=O) groups excluding carboxylic acids is 1. The molecule has 0 aromatic heterocycles. The molecule has 11 heteroatoms. The number of esters is 1. The third-order valence-corrected chi connectivity index (χ3v) is 3.27. The fraction of sp³-hybridized carbons (Fsp3) is 0.308. The van der Waals surface area contributed by atoms with E-state index in [1.54, 1.807) is 0 Å². The maximum atomic E-state index is 13.6. The number of rotatable bonds is 8. The molecule has 24 heavy (non-hydrogen) atoms. The maximum absolute atomic E-state index is 13.6. The average molecular weight is 373 g/mol. The Morgan fingerprint density at radius 2 is 1.83 bits per heavy atom. The molecule has 0 radical (unpaired) electrons. The summed E-state index contributed by atoms with van der Waals surface area (Å²) in [5, 5.41) is 12.3. The first kappa shape index (κ1) is 20.4. The first-order chi connectivity index (χ1) is 11.1. The molecule has 0 heterocycles. The van der Waals surface area contributed by atoms with Gasteiger partial charge in [0, 0.05) is 12.0 Å². The Bertz CT molecular complexity index is 561. The van der Waals surface area contributed by atoms with Crippen LogP contribution in [0.2, 0.25) is 0 Å². The van der Waals surface area contributed by atoms with E-state index in [-0.39, 0.29) is 17.6 Å². The Kier molecular flexibility index (Phi) is 7.14. The molecule has 0 N–H and O–H groups in total. The van der Waals surface area contributed by atoms with Gasteiger partial charge in [-0.3, -0.25) is 5.04 Å². The molecule has 5 nitrogen and oxygen atoms in total. The van der Waals surface area contributed by atoms with E-state index in [4.69, 9.17) is 0 Å². The SMILES string of the molecule is C=Cc1ccc(C(=O)OC(C(F)(F)F)C(F)(F)CSOO[O-])cc1. The molecular weight excluding hydrogens is 363 g/mol. The summed E-state index contributed by atoms with van der Waals surface area (Å²) in [6, 6.07) is 4.90. The summed E-state index contributed by atoms with van der Waals surface area (Å²) in [5.74, 6) is -7.76. The Morgan fingerprint density at radius 1 is 1.25 bits per heavy atom. The van der Waals surface area contributed by atoms with E-state index in [1.165, 1.54) is 18.2 Å². The number of hydrogen-bond acceptors (Lipinski definition) is 6. The fourth-order valence-electron chi connectivity index (χ4n) is 1.52. The van der Waals surface area contributed by atoms with Crippen molar-refractivity contribution in [2.75, 3.05) is 5.75 Å². The van der Waals surface area contributed by atoms with E-state index in [9.17, 15) is 32.0 Å². The minimum Gasteiger partial charge on any atom is -0.691 e. The molecule has 0 aliphatic carbocycles. The van der Waals surface area contributed by atoms with E-state index < -0.39 is 29.9 Å². The third-order valence-electron chi connectivity index (χ3n) is 2.62. The van der Waals surface area contributed by atoms with Crippen LogP contribution in [-0.4, -0.2) is 29.9 Å². The standard InChI is InChI=1S/C13H11F5O5S/c1-2-8-3-5-9(6-4-8)10(19)21-11(13(16,17)18)12(14,15)7-24-23-22-20/h2-6,11,20H,1,7H2/p-1. The summed E-state index contributed by atoms with van der Waals surface area (Å²) in [4.78, 5) is 11.7. The van der Waals surface area contributed by atoms with Gasteiger partial charge in [0.2, 0.25) is 0 Å². The first-order valence-corrected chi connectivity index (χ1v) is 6.99. The minimum absolute atomic E-state index is 0.350. The van der Waals surface area contributed by atoms with Crippen LogP contribution in [0.15, 0.2) is 30.8 Å². The van der Waals surface area contributed by atoms with Gasteiger partial charge in [0.05, 0.1) is 11.3 Å². The Balaban J connectivity index is 2.92. The molecule has 0 saturated carbocycles. The van der Waals surface area contributed by atoms with Crippen LogP contribution < -0.4 is 5.26 Å². The molecule has 0 amide bonds. The second kappa shape index (κ2) is 8.42. The van der Waals surface area contributed by atoms with Crippen molar-refractivity contribution in [3.63, 3.8) is 0 Å². The molecule has 0 spiro atoms. The van der Waals surface area contributed by atoms with Crippen LogP contribution in [0.1, 0.15) is 15.9 Å². The summed E-state index contributed by atoms with van der Waals surface area (Å²) in [5.41, 5.74) is 0.216. The van der Waals surface area contributed by atoms with Gasteiger partial charge in [-0.05, 0) is 17.7 Å². The summed E-state index contributed by atoms with van der Waals surface area (Å²) in [7, 11) is 0. The molecule has 1 rings (SSSR count). The van der Waals surface area contributed by atoms with Crippen molar-refractivity contribution in [1.29, 1.82) is 0 Å². The third kappa shape index (κ3) is 5.74. The molecule has 1 aromatic rings. The van der Waals surface area contributed by atoms with Crippen molar-refractivity contribution >= 4 is 24.1 Å².